The summed E-state index contributed by atoms with van der Waals surface area (Å²) in [6, 6.07) is 13.7. The molecule has 89 heavy (non-hydrogen) atoms. The van der Waals surface area contributed by atoms with Gasteiger partial charge in [0.2, 0.25) is 35.6 Å². The van der Waals surface area contributed by atoms with Crippen LogP contribution in [0.1, 0.15) is 69.1 Å². The van der Waals surface area contributed by atoms with Crippen molar-refractivity contribution >= 4 is 126 Å². The number of hydrogen-bond acceptors (Lipinski definition) is 21. The van der Waals surface area contributed by atoms with Gasteiger partial charge in [0.1, 0.15) is 52.2 Å². The summed E-state index contributed by atoms with van der Waals surface area (Å²) >= 11 is 1.17. The van der Waals surface area contributed by atoms with E-state index in [1.165, 1.54) is 18.1 Å². The van der Waals surface area contributed by atoms with E-state index in [-0.39, 0.29) is 61.0 Å². The van der Waals surface area contributed by atoms with Crippen molar-refractivity contribution in [3.05, 3.63) is 120 Å². The summed E-state index contributed by atoms with van der Waals surface area (Å²) in [5.74, 6) is 2.66. The van der Waals surface area contributed by atoms with Crippen molar-refractivity contribution in [2.24, 2.45) is 0 Å². The number of pyridine rings is 2. The van der Waals surface area contributed by atoms with Gasteiger partial charge in [-0.3, -0.25) is 19.4 Å². The molecule has 0 bridgehead atoms. The SMILES string of the molecule is CCC1(N2CC(=O)N(C)c3cnc(Nc4cc5cccnc5cc4C)nc32)CC1F.CCC1(N2CC(=O)N(C)c3cnc(Nc4cn5ncnc5cc4C)nc32)C=C(F)C1.Cc1cc2nsnc2cc1Nc1ncc2c(n1)N(C13CC(F)=C1C3)CC(=O)N2C. The first-order valence-corrected chi connectivity index (χ1v) is 29.8. The van der Waals surface area contributed by atoms with Crippen molar-refractivity contribution in [3.63, 3.8) is 0 Å². The Morgan fingerprint density at radius 3 is 1.71 bits per heavy atom. The minimum atomic E-state index is -0.951. The van der Waals surface area contributed by atoms with E-state index in [4.69, 9.17) is 15.0 Å². The number of carbonyl (C=O) groups is 3. The molecule has 2 saturated carbocycles. The number of aromatic nitrogens is 12. The number of nitrogens with one attached hydrogen (secondary N) is 3. The minimum absolute atomic E-state index is 0.0490. The molecule has 28 heteroatoms. The molecule has 16 rings (SSSR count). The summed E-state index contributed by atoms with van der Waals surface area (Å²) < 4.78 is 52.0. The first-order valence-electron chi connectivity index (χ1n) is 29.1. The number of carbonyl (C=O) groups excluding carboxylic acids is 3. The number of aryl methyl sites for hydroxylation is 3. The third-order valence-corrected chi connectivity index (χ3v) is 18.9. The molecular formula is C61H60F3N21O3S. The van der Waals surface area contributed by atoms with Crippen LogP contribution in [0.3, 0.4) is 0 Å². The summed E-state index contributed by atoms with van der Waals surface area (Å²) in [5, 5.41) is 15.0. The topological polar surface area (TPSA) is 253 Å². The lowest BCUT2D eigenvalue weighted by Gasteiger charge is -2.49. The molecule has 2 fully saturated rings. The minimum Gasteiger partial charge on any atom is -0.337 e. The van der Waals surface area contributed by atoms with Crippen molar-refractivity contribution in [2.45, 2.75) is 95.9 Å². The maximum atomic E-state index is 14.4. The van der Waals surface area contributed by atoms with Gasteiger partial charge in [-0.25, -0.2) is 37.6 Å². The summed E-state index contributed by atoms with van der Waals surface area (Å²) in [5.41, 5.74) is 9.91. The molecule has 4 unspecified atom stereocenters. The average molecular weight is 1220 g/mol. The summed E-state index contributed by atoms with van der Waals surface area (Å²) in [4.78, 5) is 83.8. The molecule has 0 radical (unpaired) electrons. The van der Waals surface area contributed by atoms with E-state index in [9.17, 15) is 27.6 Å². The van der Waals surface area contributed by atoms with Crippen LogP contribution in [0, 0.1) is 20.8 Å². The Kier molecular flexibility index (Phi) is 13.5. The second-order valence-electron chi connectivity index (χ2n) is 23.5. The zero-order valence-electron chi connectivity index (χ0n) is 49.8. The second-order valence-corrected chi connectivity index (χ2v) is 24.1. The smallest absolute Gasteiger partial charge is 0.246 e. The van der Waals surface area contributed by atoms with Gasteiger partial charge < -0.3 is 45.3 Å². The predicted octanol–water partition coefficient (Wildman–Crippen LogP) is 9.60. The van der Waals surface area contributed by atoms with Crippen LogP contribution in [0.25, 0.3) is 27.6 Å². The quantitative estimate of drug-likeness (QED) is 0.109. The number of fused-ring (bicyclic) bond motifs is 7. The number of likely N-dealkylation sites (N-methyl/N-ethyl adjacent to an activating group) is 3. The van der Waals surface area contributed by atoms with E-state index in [1.54, 1.807) is 71.2 Å². The summed E-state index contributed by atoms with van der Waals surface area (Å²) in [7, 11) is 5.12. The van der Waals surface area contributed by atoms with Crippen LogP contribution in [0.5, 0.6) is 0 Å². The van der Waals surface area contributed by atoms with Crippen LogP contribution in [0.2, 0.25) is 0 Å². The maximum absolute atomic E-state index is 14.4. The van der Waals surface area contributed by atoms with Crippen LogP contribution in [-0.4, -0.2) is 140 Å². The third-order valence-electron chi connectivity index (χ3n) is 18.4. The van der Waals surface area contributed by atoms with Crippen LogP contribution in [-0.2, 0) is 14.4 Å². The number of alkyl halides is 1. The molecule has 0 saturated heterocycles. The van der Waals surface area contributed by atoms with Crippen LogP contribution >= 0.6 is 11.7 Å². The molecular weight excluding hydrogens is 1160 g/mol. The van der Waals surface area contributed by atoms with Gasteiger partial charge >= 0.3 is 0 Å². The Labute approximate surface area is 512 Å². The van der Waals surface area contributed by atoms with Gasteiger partial charge in [0.05, 0.1) is 84.0 Å². The summed E-state index contributed by atoms with van der Waals surface area (Å²) in [6.45, 7) is 10.3. The Morgan fingerprint density at radius 1 is 0.629 bits per heavy atom. The van der Waals surface area contributed by atoms with Gasteiger partial charge in [0.15, 0.2) is 23.1 Å². The first kappa shape index (κ1) is 56.8. The van der Waals surface area contributed by atoms with Crippen LogP contribution in [0.4, 0.5) is 82.6 Å². The van der Waals surface area contributed by atoms with Crippen LogP contribution < -0.4 is 45.3 Å². The van der Waals surface area contributed by atoms with Crippen LogP contribution in [0.15, 0.2) is 103 Å². The lowest BCUT2D eigenvalue weighted by Crippen LogP contribution is -2.58. The van der Waals surface area contributed by atoms with E-state index >= 15 is 0 Å². The van der Waals surface area contributed by atoms with Gasteiger partial charge in [0, 0.05) is 69.8 Å². The fourth-order valence-corrected chi connectivity index (χ4v) is 13.0. The van der Waals surface area contributed by atoms with Gasteiger partial charge in [-0.05, 0) is 98.4 Å². The Balaban J connectivity index is 0.000000117. The van der Waals surface area contributed by atoms with E-state index in [2.05, 4.69) is 54.7 Å². The zero-order valence-corrected chi connectivity index (χ0v) is 50.7. The molecule has 454 valence electrons. The van der Waals surface area contributed by atoms with E-state index in [0.717, 1.165) is 66.9 Å². The van der Waals surface area contributed by atoms with Crippen molar-refractivity contribution in [1.29, 1.82) is 0 Å². The first-order chi connectivity index (χ1) is 42.8. The zero-order chi connectivity index (χ0) is 62.0. The number of hydrogen-bond donors (Lipinski definition) is 3. The molecule has 2 aromatic carbocycles. The monoisotopic (exact) mass is 1220 g/mol. The molecule has 4 aliphatic carbocycles. The number of anilines is 12. The molecule has 24 nitrogen and oxygen atoms in total. The molecule has 3 aliphatic heterocycles. The number of nitrogens with zero attached hydrogens (tertiary/aromatic N) is 18. The number of halogens is 3. The van der Waals surface area contributed by atoms with Gasteiger partial charge in [-0.2, -0.15) is 28.8 Å². The van der Waals surface area contributed by atoms with E-state index < -0.39 is 17.2 Å². The Bertz CT molecular complexity index is 4520. The number of benzene rings is 2. The van der Waals surface area contributed by atoms with Crippen molar-refractivity contribution in [1.82, 2.24) is 58.2 Å². The number of amides is 3. The van der Waals surface area contributed by atoms with E-state index in [0.29, 0.717) is 84.5 Å². The fraction of sp³-hybridized carbons (Fsp3) is 0.344. The van der Waals surface area contributed by atoms with Gasteiger partial charge in [-0.1, -0.05) is 19.9 Å². The molecule has 10 heterocycles. The normalized spacial score (nSPS) is 22.1. The fourth-order valence-electron chi connectivity index (χ4n) is 12.5. The summed E-state index contributed by atoms with van der Waals surface area (Å²) in [6.07, 6.45) is 13.6. The number of rotatable bonds is 11. The Morgan fingerprint density at radius 2 is 1.16 bits per heavy atom. The predicted molar refractivity (Wildman–Crippen MR) is 334 cm³/mol. The largest absolute Gasteiger partial charge is 0.337 e. The van der Waals surface area contributed by atoms with Crippen molar-refractivity contribution in [3.8, 4) is 0 Å². The molecule has 0 spiro atoms. The van der Waals surface area contributed by atoms with Gasteiger partial charge in [-0.15, -0.1) is 0 Å². The van der Waals surface area contributed by atoms with Crippen molar-refractivity contribution in [2.75, 3.05) is 86.1 Å². The standard InChI is InChI=1S/C22H23FN6O.C20H21FN8O.C19H16FN7OS/c1-4-22(10-18(22)23)29-12-19(30)28(3)17-11-25-21(27-20(17)29)26-15-9-14-6-5-7-24-16(14)8-13(15)2;1-4-20(6-13(21)7-20)28-10-17(30)27(3)15-8-22-19(26-18(15)28)25-14-9-29-16(5-12(14)2)23-11-24-29;1-9-3-13-14(25-29-24-13)4-12(9)22-18-21-7-15-17(23-18)27(8-16(28)26(15)2)19-5-10(19)11(20)6-19/h5-9,11,18H,4,10,12H2,1-3H3,(H,25,26,27);5-6,8-9,11H,4,7,10H2,1-3H3,(H,22,25,26);3-4,7H,5-6,8H2,1-2H3,(H,21,22,23). The highest BCUT2D eigenvalue weighted by Crippen LogP contribution is 2.64. The maximum Gasteiger partial charge on any atom is 0.246 e. The van der Waals surface area contributed by atoms with E-state index in [1.807, 2.05) is 98.0 Å². The third kappa shape index (κ3) is 9.57. The molecule has 3 amide bonds. The second kappa shape index (κ2) is 21.1. The highest BCUT2D eigenvalue weighted by molar-refractivity contribution is 7.00. The Hall–Kier alpha value is -9.99. The van der Waals surface area contributed by atoms with Gasteiger partial charge in [0.25, 0.3) is 0 Å². The molecule has 3 N–H and O–H groups in total. The highest BCUT2D eigenvalue weighted by Gasteiger charge is 2.65. The molecule has 7 aromatic heterocycles. The average Bonchev–Trinajstić information content (AvgIpc) is 1.53. The molecule has 7 aliphatic rings. The highest BCUT2D eigenvalue weighted by atomic mass is 32.1. The molecule has 4 atom stereocenters. The lowest BCUT2D eigenvalue weighted by molar-refractivity contribution is -0.118. The van der Waals surface area contributed by atoms with Crippen molar-refractivity contribution < 1.29 is 27.6 Å². The molecule has 9 aromatic rings. The lowest BCUT2D eigenvalue weighted by atomic mass is 9.79.